The van der Waals surface area contributed by atoms with Gasteiger partial charge in [-0.15, -0.1) is 0 Å². The van der Waals surface area contributed by atoms with E-state index in [1.807, 2.05) is 0 Å². The number of carbonyl (C=O) groups is 1. The van der Waals surface area contributed by atoms with E-state index in [4.69, 9.17) is 9.52 Å². The Morgan fingerprint density at radius 3 is 2.94 bits per heavy atom. The largest absolute Gasteiger partial charge is 0.472 e. The molecule has 16 heavy (non-hydrogen) atoms. The molecule has 1 unspecified atom stereocenters. The zero-order valence-corrected chi connectivity index (χ0v) is 9.61. The van der Waals surface area contributed by atoms with Crippen molar-refractivity contribution in [1.29, 1.82) is 0 Å². The van der Waals surface area contributed by atoms with E-state index in [2.05, 4.69) is 12.2 Å². The molecule has 1 amide bonds. The smallest absolute Gasteiger partial charge is 0.254 e. The summed E-state index contributed by atoms with van der Waals surface area (Å²) in [5, 5.41) is 11.7. The predicted molar refractivity (Wildman–Crippen MR) is 61.1 cm³/mol. The first-order valence-electron chi connectivity index (χ1n) is 5.69. The van der Waals surface area contributed by atoms with E-state index in [-0.39, 0.29) is 12.5 Å². The molecule has 0 saturated carbocycles. The van der Waals surface area contributed by atoms with Crippen LogP contribution in [0.15, 0.2) is 23.0 Å². The van der Waals surface area contributed by atoms with Gasteiger partial charge in [-0.25, -0.2) is 0 Å². The van der Waals surface area contributed by atoms with Crippen LogP contribution >= 0.6 is 0 Å². The van der Waals surface area contributed by atoms with Crippen molar-refractivity contribution in [3.63, 3.8) is 0 Å². The van der Waals surface area contributed by atoms with Gasteiger partial charge >= 0.3 is 0 Å². The van der Waals surface area contributed by atoms with Gasteiger partial charge in [-0.05, 0) is 24.8 Å². The Morgan fingerprint density at radius 1 is 1.56 bits per heavy atom. The van der Waals surface area contributed by atoms with Gasteiger partial charge in [0, 0.05) is 13.2 Å². The predicted octanol–water partition coefficient (Wildman–Crippen LogP) is 1.81. The Hall–Kier alpha value is -1.29. The first-order chi connectivity index (χ1) is 7.77. The summed E-state index contributed by atoms with van der Waals surface area (Å²) in [5.74, 6) is 0.235. The summed E-state index contributed by atoms with van der Waals surface area (Å²) in [7, 11) is 0. The van der Waals surface area contributed by atoms with Gasteiger partial charge in [0.1, 0.15) is 6.26 Å². The minimum atomic E-state index is -0.118. The van der Waals surface area contributed by atoms with E-state index in [0.29, 0.717) is 18.0 Å². The van der Waals surface area contributed by atoms with Crippen molar-refractivity contribution in [2.45, 2.75) is 26.2 Å². The standard InChI is InChI=1S/C12H19NO3/c1-2-3-10(4-6-14)8-13-12(15)11-5-7-16-9-11/h5,7,9-10,14H,2-4,6,8H2,1H3,(H,13,15). The second-order valence-corrected chi connectivity index (χ2v) is 3.89. The van der Waals surface area contributed by atoms with Gasteiger partial charge in [-0.1, -0.05) is 13.3 Å². The fourth-order valence-corrected chi connectivity index (χ4v) is 1.67. The molecule has 1 atom stereocenters. The number of furan rings is 1. The Kier molecular flexibility index (Phi) is 5.64. The summed E-state index contributed by atoms with van der Waals surface area (Å²) < 4.78 is 4.84. The highest BCUT2D eigenvalue weighted by Crippen LogP contribution is 2.09. The van der Waals surface area contributed by atoms with Crippen molar-refractivity contribution in [3.8, 4) is 0 Å². The highest BCUT2D eigenvalue weighted by Gasteiger charge is 2.11. The third-order valence-corrected chi connectivity index (χ3v) is 2.57. The average molecular weight is 225 g/mol. The number of aliphatic hydroxyl groups is 1. The molecule has 0 aliphatic rings. The second-order valence-electron chi connectivity index (χ2n) is 3.89. The van der Waals surface area contributed by atoms with Crippen LogP contribution in [0.2, 0.25) is 0 Å². The van der Waals surface area contributed by atoms with E-state index >= 15 is 0 Å². The van der Waals surface area contributed by atoms with Gasteiger partial charge < -0.3 is 14.8 Å². The molecule has 0 aliphatic carbocycles. The van der Waals surface area contributed by atoms with Crippen molar-refractivity contribution in [2.24, 2.45) is 5.92 Å². The molecule has 0 saturated heterocycles. The summed E-state index contributed by atoms with van der Waals surface area (Å²) in [4.78, 5) is 11.6. The lowest BCUT2D eigenvalue weighted by Crippen LogP contribution is -2.29. The second kappa shape index (κ2) is 7.06. The van der Waals surface area contributed by atoms with Crippen LogP contribution in [-0.4, -0.2) is 24.2 Å². The molecule has 0 bridgehead atoms. The van der Waals surface area contributed by atoms with Crippen LogP contribution < -0.4 is 5.32 Å². The lowest BCUT2D eigenvalue weighted by atomic mass is 10.0. The van der Waals surface area contributed by atoms with E-state index in [0.717, 1.165) is 19.3 Å². The third kappa shape index (κ3) is 4.06. The number of hydrogen-bond acceptors (Lipinski definition) is 3. The lowest BCUT2D eigenvalue weighted by Gasteiger charge is -2.15. The SMILES string of the molecule is CCCC(CCO)CNC(=O)c1ccoc1. The summed E-state index contributed by atoms with van der Waals surface area (Å²) >= 11 is 0. The molecule has 0 spiro atoms. The van der Waals surface area contributed by atoms with Crippen LogP contribution in [0.3, 0.4) is 0 Å². The van der Waals surface area contributed by atoms with Crippen LogP contribution in [0.1, 0.15) is 36.5 Å². The Balaban J connectivity index is 2.34. The van der Waals surface area contributed by atoms with Crippen LogP contribution in [-0.2, 0) is 0 Å². The van der Waals surface area contributed by atoms with Crippen LogP contribution in [0, 0.1) is 5.92 Å². The molecule has 2 N–H and O–H groups in total. The maximum atomic E-state index is 11.6. The quantitative estimate of drug-likeness (QED) is 0.744. The molecule has 0 aromatic carbocycles. The van der Waals surface area contributed by atoms with Crippen molar-refractivity contribution >= 4 is 5.91 Å². The van der Waals surface area contributed by atoms with Gasteiger partial charge in [0.15, 0.2) is 0 Å². The number of rotatable bonds is 7. The number of amides is 1. The maximum absolute atomic E-state index is 11.6. The zero-order chi connectivity index (χ0) is 11.8. The number of carbonyl (C=O) groups excluding carboxylic acids is 1. The molecule has 0 aliphatic heterocycles. The molecule has 90 valence electrons. The molecular formula is C12H19NO3. The number of nitrogens with one attached hydrogen (secondary N) is 1. The summed E-state index contributed by atoms with van der Waals surface area (Å²) in [6.45, 7) is 2.88. The highest BCUT2D eigenvalue weighted by molar-refractivity contribution is 5.93. The van der Waals surface area contributed by atoms with Crippen molar-refractivity contribution in [3.05, 3.63) is 24.2 Å². The highest BCUT2D eigenvalue weighted by atomic mass is 16.3. The van der Waals surface area contributed by atoms with Crippen LogP contribution in [0.4, 0.5) is 0 Å². The zero-order valence-electron chi connectivity index (χ0n) is 9.61. The van der Waals surface area contributed by atoms with E-state index < -0.39 is 0 Å². The Bertz CT molecular complexity index is 289. The van der Waals surface area contributed by atoms with E-state index in [1.54, 1.807) is 6.07 Å². The summed E-state index contributed by atoms with van der Waals surface area (Å²) in [6.07, 6.45) is 5.72. The Morgan fingerprint density at radius 2 is 2.38 bits per heavy atom. The van der Waals surface area contributed by atoms with Crippen molar-refractivity contribution < 1.29 is 14.3 Å². The molecule has 0 radical (unpaired) electrons. The van der Waals surface area contributed by atoms with E-state index in [9.17, 15) is 4.79 Å². The lowest BCUT2D eigenvalue weighted by molar-refractivity contribution is 0.0942. The molecule has 0 fully saturated rings. The number of hydrogen-bond donors (Lipinski definition) is 2. The molecular weight excluding hydrogens is 206 g/mol. The minimum Gasteiger partial charge on any atom is -0.472 e. The third-order valence-electron chi connectivity index (χ3n) is 2.57. The first kappa shape index (κ1) is 12.8. The van der Waals surface area contributed by atoms with Gasteiger partial charge in [-0.2, -0.15) is 0 Å². The normalized spacial score (nSPS) is 12.4. The van der Waals surface area contributed by atoms with Gasteiger partial charge in [-0.3, -0.25) is 4.79 Å². The minimum absolute atomic E-state index is 0.118. The maximum Gasteiger partial charge on any atom is 0.254 e. The van der Waals surface area contributed by atoms with Crippen LogP contribution in [0.5, 0.6) is 0 Å². The number of aliphatic hydroxyl groups excluding tert-OH is 1. The molecule has 4 nitrogen and oxygen atoms in total. The Labute approximate surface area is 95.7 Å². The van der Waals surface area contributed by atoms with Gasteiger partial charge in [0.25, 0.3) is 5.91 Å². The molecule has 1 aromatic heterocycles. The monoisotopic (exact) mass is 225 g/mol. The topological polar surface area (TPSA) is 62.5 Å². The molecule has 1 aromatic rings. The molecule has 1 rings (SSSR count). The average Bonchev–Trinajstić information content (AvgIpc) is 2.79. The van der Waals surface area contributed by atoms with Crippen molar-refractivity contribution in [1.82, 2.24) is 5.32 Å². The van der Waals surface area contributed by atoms with Crippen molar-refractivity contribution in [2.75, 3.05) is 13.2 Å². The molecule has 4 heteroatoms. The fraction of sp³-hybridized carbons (Fsp3) is 0.583. The van der Waals surface area contributed by atoms with E-state index in [1.165, 1.54) is 12.5 Å². The van der Waals surface area contributed by atoms with Crippen LogP contribution in [0.25, 0.3) is 0 Å². The van der Waals surface area contributed by atoms with Gasteiger partial charge in [0.2, 0.25) is 0 Å². The first-order valence-corrected chi connectivity index (χ1v) is 5.69. The summed E-state index contributed by atoms with van der Waals surface area (Å²) in [5.41, 5.74) is 0.541. The fourth-order valence-electron chi connectivity index (χ4n) is 1.67. The molecule has 1 heterocycles. The summed E-state index contributed by atoms with van der Waals surface area (Å²) in [6, 6.07) is 1.64. The van der Waals surface area contributed by atoms with Gasteiger partial charge in [0.05, 0.1) is 11.8 Å².